The van der Waals surface area contributed by atoms with E-state index in [1.807, 2.05) is 0 Å². The maximum Gasteiger partial charge on any atom is 0.0223 e. The highest BCUT2D eigenvalue weighted by molar-refractivity contribution is 5.26. The maximum atomic E-state index is 3.63. The zero-order valence-corrected chi connectivity index (χ0v) is 13.2. The van der Waals surface area contributed by atoms with E-state index in [-0.39, 0.29) is 0 Å². The number of aryl methyl sites for hydroxylation is 1. The fourth-order valence-corrected chi connectivity index (χ4v) is 2.73. The van der Waals surface area contributed by atoms with Gasteiger partial charge in [0.1, 0.15) is 0 Å². The molecule has 0 bridgehead atoms. The van der Waals surface area contributed by atoms with Gasteiger partial charge in [-0.3, -0.25) is 0 Å². The van der Waals surface area contributed by atoms with Crippen LogP contribution >= 0.6 is 0 Å². The van der Waals surface area contributed by atoms with Crippen LogP contribution in [0.1, 0.15) is 44.6 Å². The lowest BCUT2D eigenvalue weighted by molar-refractivity contribution is 0.275. The Labute approximate surface area is 113 Å². The van der Waals surface area contributed by atoms with Gasteiger partial charge < -0.3 is 9.88 Å². The summed E-state index contributed by atoms with van der Waals surface area (Å²) < 4.78 is 2.26. The van der Waals surface area contributed by atoms with Crippen LogP contribution in [0.2, 0.25) is 0 Å². The van der Waals surface area contributed by atoms with E-state index in [2.05, 4.69) is 64.5 Å². The normalized spacial score (nSPS) is 12.1. The molecule has 104 valence electrons. The molecule has 1 aromatic heterocycles. The van der Waals surface area contributed by atoms with E-state index in [4.69, 9.17) is 0 Å². The van der Waals surface area contributed by atoms with E-state index in [1.165, 1.54) is 17.0 Å². The van der Waals surface area contributed by atoms with Crippen LogP contribution in [0.25, 0.3) is 0 Å². The number of hydrogen-bond donors (Lipinski definition) is 1. The summed E-state index contributed by atoms with van der Waals surface area (Å²) >= 11 is 0. The summed E-state index contributed by atoms with van der Waals surface area (Å²) in [5, 5.41) is 3.63. The van der Waals surface area contributed by atoms with Gasteiger partial charge >= 0.3 is 0 Å². The first-order valence-corrected chi connectivity index (χ1v) is 7.17. The second-order valence-corrected chi connectivity index (χ2v) is 6.24. The summed E-state index contributed by atoms with van der Waals surface area (Å²) in [6.45, 7) is 15.8. The first-order chi connectivity index (χ1) is 8.34. The van der Waals surface area contributed by atoms with Gasteiger partial charge in [0.05, 0.1) is 0 Å². The third kappa shape index (κ3) is 3.61. The average molecular weight is 250 g/mol. The van der Waals surface area contributed by atoms with Crippen LogP contribution in [0.4, 0.5) is 0 Å². The van der Waals surface area contributed by atoms with Gasteiger partial charge in [-0.15, -0.1) is 0 Å². The average Bonchev–Trinajstić information content (AvgIpc) is 2.51. The quantitative estimate of drug-likeness (QED) is 0.815. The molecule has 1 aromatic rings. The van der Waals surface area contributed by atoms with E-state index in [9.17, 15) is 0 Å². The van der Waals surface area contributed by atoms with Crippen molar-refractivity contribution in [3.63, 3.8) is 0 Å². The first kappa shape index (κ1) is 15.3. The molecule has 0 saturated heterocycles. The summed E-state index contributed by atoms with van der Waals surface area (Å²) in [7, 11) is 2.14. The molecule has 0 amide bonds. The molecule has 1 rings (SSSR count). The molecule has 0 saturated carbocycles. The van der Waals surface area contributed by atoms with Crippen molar-refractivity contribution in [3.8, 4) is 0 Å². The molecule has 0 unspecified atom stereocenters. The summed E-state index contributed by atoms with van der Waals surface area (Å²) in [6.07, 6.45) is 0. The molecular formula is C16H30N2. The van der Waals surface area contributed by atoms with E-state index in [1.54, 1.807) is 0 Å². The van der Waals surface area contributed by atoms with Crippen LogP contribution in [-0.4, -0.2) is 11.1 Å². The third-order valence-corrected chi connectivity index (χ3v) is 4.29. The summed E-state index contributed by atoms with van der Waals surface area (Å²) in [5.74, 6) is 2.25. The number of nitrogens with zero attached hydrogens (tertiary/aromatic N) is 1. The van der Waals surface area contributed by atoms with E-state index in [0.717, 1.165) is 30.8 Å². The van der Waals surface area contributed by atoms with Crippen molar-refractivity contribution in [1.29, 1.82) is 0 Å². The standard InChI is InChI=1S/C16H30N2/c1-11(2)16(12(3)4)10-17-9-15-8-13(5)18(7)14(15)6/h8,11-12,16-17H,9-10H2,1-7H3. The predicted molar refractivity (Wildman–Crippen MR) is 79.8 cm³/mol. The Balaban J connectivity index is 2.53. The van der Waals surface area contributed by atoms with Gasteiger partial charge in [-0.25, -0.2) is 0 Å². The summed E-state index contributed by atoms with van der Waals surface area (Å²) in [5.41, 5.74) is 4.15. The SMILES string of the molecule is Cc1cc(CNCC(C(C)C)C(C)C)c(C)n1C. The number of aromatic nitrogens is 1. The fraction of sp³-hybridized carbons (Fsp3) is 0.750. The Hall–Kier alpha value is -0.760. The van der Waals surface area contributed by atoms with Crippen molar-refractivity contribution in [2.45, 2.75) is 48.1 Å². The zero-order valence-electron chi connectivity index (χ0n) is 13.2. The van der Waals surface area contributed by atoms with E-state index < -0.39 is 0 Å². The molecule has 0 fully saturated rings. The van der Waals surface area contributed by atoms with Gasteiger partial charge in [0, 0.05) is 25.0 Å². The minimum atomic E-state index is 0.746. The highest BCUT2D eigenvalue weighted by Crippen LogP contribution is 2.20. The van der Waals surface area contributed by atoms with Crippen molar-refractivity contribution < 1.29 is 0 Å². The molecule has 0 aromatic carbocycles. The van der Waals surface area contributed by atoms with Gasteiger partial charge in [-0.2, -0.15) is 0 Å². The van der Waals surface area contributed by atoms with Crippen LogP contribution < -0.4 is 5.32 Å². The topological polar surface area (TPSA) is 17.0 Å². The second kappa shape index (κ2) is 6.42. The Morgan fingerprint density at radius 1 is 1.11 bits per heavy atom. The Kier molecular flexibility index (Phi) is 5.46. The summed E-state index contributed by atoms with van der Waals surface area (Å²) in [4.78, 5) is 0. The predicted octanol–water partition coefficient (Wildman–Crippen LogP) is 3.66. The van der Waals surface area contributed by atoms with Gasteiger partial charge in [0.15, 0.2) is 0 Å². The van der Waals surface area contributed by atoms with Crippen LogP contribution in [0.15, 0.2) is 6.07 Å². The van der Waals surface area contributed by atoms with E-state index in [0.29, 0.717) is 0 Å². The molecule has 0 radical (unpaired) electrons. The molecule has 0 aliphatic rings. The van der Waals surface area contributed by atoms with Gasteiger partial charge in [-0.1, -0.05) is 27.7 Å². The zero-order chi connectivity index (χ0) is 13.9. The molecule has 18 heavy (non-hydrogen) atoms. The molecule has 0 spiro atoms. The fourth-order valence-electron chi connectivity index (χ4n) is 2.73. The first-order valence-electron chi connectivity index (χ1n) is 7.17. The maximum absolute atomic E-state index is 3.63. The number of rotatable bonds is 6. The van der Waals surface area contributed by atoms with Crippen LogP contribution in [0, 0.1) is 31.6 Å². The smallest absolute Gasteiger partial charge is 0.0223 e. The van der Waals surface area contributed by atoms with Crippen molar-refractivity contribution in [2.24, 2.45) is 24.8 Å². The molecule has 1 heterocycles. The van der Waals surface area contributed by atoms with Crippen LogP contribution in [0.3, 0.4) is 0 Å². The minimum absolute atomic E-state index is 0.746. The Bertz CT molecular complexity index is 367. The second-order valence-electron chi connectivity index (χ2n) is 6.24. The molecule has 2 nitrogen and oxygen atoms in total. The Morgan fingerprint density at radius 2 is 1.67 bits per heavy atom. The van der Waals surface area contributed by atoms with Gasteiger partial charge in [0.2, 0.25) is 0 Å². The van der Waals surface area contributed by atoms with Crippen molar-refractivity contribution >= 4 is 0 Å². The third-order valence-electron chi connectivity index (χ3n) is 4.29. The van der Waals surface area contributed by atoms with Crippen LogP contribution in [0.5, 0.6) is 0 Å². The van der Waals surface area contributed by atoms with Crippen LogP contribution in [-0.2, 0) is 13.6 Å². The molecule has 0 aliphatic carbocycles. The lowest BCUT2D eigenvalue weighted by Crippen LogP contribution is -2.29. The number of nitrogens with one attached hydrogen (secondary N) is 1. The van der Waals surface area contributed by atoms with E-state index >= 15 is 0 Å². The highest BCUT2D eigenvalue weighted by Gasteiger charge is 2.17. The van der Waals surface area contributed by atoms with Gasteiger partial charge in [0.25, 0.3) is 0 Å². The summed E-state index contributed by atoms with van der Waals surface area (Å²) in [6, 6.07) is 2.29. The lowest BCUT2D eigenvalue weighted by Gasteiger charge is -2.25. The lowest BCUT2D eigenvalue weighted by atomic mass is 9.85. The molecule has 2 heteroatoms. The molecular weight excluding hydrogens is 220 g/mol. The minimum Gasteiger partial charge on any atom is -0.352 e. The number of hydrogen-bond acceptors (Lipinski definition) is 1. The van der Waals surface area contributed by atoms with Crippen molar-refractivity contribution in [1.82, 2.24) is 9.88 Å². The highest BCUT2D eigenvalue weighted by atomic mass is 15.0. The van der Waals surface area contributed by atoms with Gasteiger partial charge in [-0.05, 0) is 49.8 Å². The monoisotopic (exact) mass is 250 g/mol. The van der Waals surface area contributed by atoms with Crippen molar-refractivity contribution in [2.75, 3.05) is 6.54 Å². The largest absolute Gasteiger partial charge is 0.352 e. The van der Waals surface area contributed by atoms with Crippen molar-refractivity contribution in [3.05, 3.63) is 23.0 Å². The molecule has 0 aliphatic heterocycles. The molecule has 1 N–H and O–H groups in total. The molecule has 0 atom stereocenters. The Morgan fingerprint density at radius 3 is 2.06 bits per heavy atom.